The summed E-state index contributed by atoms with van der Waals surface area (Å²) in [7, 11) is 0. The Bertz CT molecular complexity index is 665. The number of carbonyl (C=O) groups excluding carboxylic acids is 2. The molecule has 0 unspecified atom stereocenters. The van der Waals surface area contributed by atoms with Crippen molar-refractivity contribution < 1.29 is 49.2 Å². The van der Waals surface area contributed by atoms with Crippen LogP contribution in [-0.2, 0) is 28.8 Å². The van der Waals surface area contributed by atoms with Gasteiger partial charge in [0.25, 0.3) is 0 Å². The monoisotopic (exact) mass is 437 g/mol. The topological polar surface area (TPSA) is 233 Å². The first-order valence-corrected chi connectivity index (χ1v) is 8.47. The lowest BCUT2D eigenvalue weighted by Gasteiger charge is -2.16. The quantitative estimate of drug-likeness (QED) is 0.129. The first kappa shape index (κ1) is 28.1. The molecule has 0 fully saturated rings. The molecule has 0 radical (unpaired) electrons. The van der Waals surface area contributed by atoms with E-state index in [1.165, 1.54) is 6.92 Å². The normalized spacial score (nSPS) is 12.4. The van der Waals surface area contributed by atoms with Gasteiger partial charge in [-0.1, -0.05) is 0 Å². The maximum absolute atomic E-state index is 11.5. The fourth-order valence-electron chi connectivity index (χ4n) is 1.40. The second-order valence-electron chi connectivity index (χ2n) is 5.37. The molecule has 0 aliphatic rings. The maximum Gasteiger partial charge on any atom is 0.331 e. The first-order chi connectivity index (χ1) is 13.3. The molecule has 29 heavy (non-hydrogen) atoms. The molecule has 0 saturated carbocycles. The van der Waals surface area contributed by atoms with Crippen molar-refractivity contribution in [2.24, 2.45) is 5.73 Å². The SMILES string of the molecule is CC(=CC(=O)O)C(=O)O.N[C@@H](CCC(=O)N[C@@H](CS)C(=O)NCC(=O)O)C(=O)O. The minimum absolute atomic E-state index is 0.0256. The summed E-state index contributed by atoms with van der Waals surface area (Å²) in [5.74, 6) is -6.16. The molecule has 13 nitrogen and oxygen atoms in total. The number of thiol groups is 1. The van der Waals surface area contributed by atoms with Crippen LogP contribution in [0.2, 0.25) is 0 Å². The number of carbonyl (C=O) groups is 6. The Morgan fingerprint density at radius 2 is 1.62 bits per heavy atom. The molecular formula is C15H23N3O10S. The second kappa shape index (κ2) is 14.9. The average molecular weight is 437 g/mol. The van der Waals surface area contributed by atoms with Gasteiger partial charge in [-0.25, -0.2) is 9.59 Å². The molecule has 8 N–H and O–H groups in total. The fraction of sp³-hybridized carbons (Fsp3) is 0.467. The van der Waals surface area contributed by atoms with E-state index in [9.17, 15) is 28.8 Å². The van der Waals surface area contributed by atoms with Gasteiger partial charge in [-0.3, -0.25) is 19.2 Å². The van der Waals surface area contributed by atoms with Crippen LogP contribution >= 0.6 is 12.6 Å². The molecule has 0 aliphatic heterocycles. The number of nitrogens with one attached hydrogen (secondary N) is 2. The van der Waals surface area contributed by atoms with E-state index < -0.39 is 54.3 Å². The maximum atomic E-state index is 11.5. The fourth-order valence-corrected chi connectivity index (χ4v) is 1.66. The van der Waals surface area contributed by atoms with Crippen molar-refractivity contribution in [1.82, 2.24) is 10.6 Å². The molecule has 0 rings (SSSR count). The van der Waals surface area contributed by atoms with Gasteiger partial charge in [0.15, 0.2) is 0 Å². The molecule has 0 aromatic carbocycles. The first-order valence-electron chi connectivity index (χ1n) is 7.84. The van der Waals surface area contributed by atoms with E-state index in [1.54, 1.807) is 0 Å². The molecule has 0 heterocycles. The van der Waals surface area contributed by atoms with Gasteiger partial charge in [0.2, 0.25) is 11.8 Å². The summed E-state index contributed by atoms with van der Waals surface area (Å²) < 4.78 is 0. The summed E-state index contributed by atoms with van der Waals surface area (Å²) in [6.07, 6.45) is 0.406. The number of rotatable bonds is 11. The smallest absolute Gasteiger partial charge is 0.331 e. The van der Waals surface area contributed by atoms with E-state index in [4.69, 9.17) is 26.2 Å². The predicted octanol–water partition coefficient (Wildman–Crippen LogP) is -2.10. The van der Waals surface area contributed by atoms with Gasteiger partial charge < -0.3 is 36.8 Å². The molecule has 0 aromatic rings. The van der Waals surface area contributed by atoms with Gasteiger partial charge >= 0.3 is 23.9 Å². The summed E-state index contributed by atoms with van der Waals surface area (Å²) >= 11 is 3.87. The summed E-state index contributed by atoms with van der Waals surface area (Å²) in [4.78, 5) is 63.4. The van der Waals surface area contributed by atoms with Crippen LogP contribution in [0.15, 0.2) is 11.6 Å². The summed E-state index contributed by atoms with van der Waals surface area (Å²) in [6.45, 7) is 0.652. The van der Waals surface area contributed by atoms with E-state index in [-0.39, 0.29) is 24.2 Å². The van der Waals surface area contributed by atoms with Gasteiger partial charge in [0, 0.05) is 23.8 Å². The third-order valence-electron chi connectivity index (χ3n) is 2.93. The molecule has 0 spiro atoms. The van der Waals surface area contributed by atoms with Crippen LogP contribution in [0.3, 0.4) is 0 Å². The number of hydrogen-bond acceptors (Lipinski definition) is 8. The third kappa shape index (κ3) is 15.6. The van der Waals surface area contributed by atoms with Crippen LogP contribution in [0.4, 0.5) is 0 Å². The third-order valence-corrected chi connectivity index (χ3v) is 3.29. The lowest BCUT2D eigenvalue weighted by molar-refractivity contribution is -0.139. The Hall–Kier alpha value is -3.13. The predicted molar refractivity (Wildman–Crippen MR) is 100 cm³/mol. The number of nitrogens with two attached hydrogens (primary N) is 1. The van der Waals surface area contributed by atoms with Crippen LogP contribution in [0.1, 0.15) is 19.8 Å². The van der Waals surface area contributed by atoms with Gasteiger partial charge in [-0.15, -0.1) is 0 Å². The molecule has 164 valence electrons. The van der Waals surface area contributed by atoms with Crippen LogP contribution in [0.25, 0.3) is 0 Å². The molecule has 0 aromatic heterocycles. The van der Waals surface area contributed by atoms with Crippen molar-refractivity contribution in [3.05, 3.63) is 11.6 Å². The summed E-state index contributed by atoms with van der Waals surface area (Å²) in [5, 5.41) is 37.5. The minimum atomic E-state index is -1.24. The van der Waals surface area contributed by atoms with E-state index in [0.717, 1.165) is 0 Å². The number of hydrogen-bond donors (Lipinski definition) is 8. The van der Waals surface area contributed by atoms with Crippen molar-refractivity contribution in [3.63, 3.8) is 0 Å². The number of amides is 2. The lowest BCUT2D eigenvalue weighted by Crippen LogP contribution is -2.49. The van der Waals surface area contributed by atoms with Gasteiger partial charge in [0.05, 0.1) is 0 Å². The molecule has 14 heteroatoms. The minimum Gasteiger partial charge on any atom is -0.480 e. The lowest BCUT2D eigenvalue weighted by atomic mass is 10.1. The van der Waals surface area contributed by atoms with Crippen molar-refractivity contribution >= 4 is 48.3 Å². The highest BCUT2D eigenvalue weighted by Gasteiger charge is 2.20. The van der Waals surface area contributed by atoms with Crippen molar-refractivity contribution in [3.8, 4) is 0 Å². The zero-order chi connectivity index (χ0) is 23.1. The summed E-state index contributed by atoms with van der Waals surface area (Å²) in [5.41, 5.74) is 5.05. The van der Waals surface area contributed by atoms with E-state index in [0.29, 0.717) is 6.08 Å². The highest BCUT2D eigenvalue weighted by atomic mass is 32.1. The highest BCUT2D eigenvalue weighted by Crippen LogP contribution is 1.97. The van der Waals surface area contributed by atoms with Gasteiger partial charge in [-0.2, -0.15) is 12.6 Å². The van der Waals surface area contributed by atoms with E-state index in [2.05, 4.69) is 23.3 Å². The van der Waals surface area contributed by atoms with Crippen LogP contribution < -0.4 is 16.4 Å². The molecule has 0 bridgehead atoms. The Morgan fingerprint density at radius 3 is 1.97 bits per heavy atom. The second-order valence-corrected chi connectivity index (χ2v) is 5.73. The Morgan fingerprint density at radius 1 is 1.07 bits per heavy atom. The van der Waals surface area contributed by atoms with Gasteiger partial charge in [-0.05, 0) is 13.3 Å². The van der Waals surface area contributed by atoms with Crippen molar-refractivity contribution in [1.29, 1.82) is 0 Å². The molecule has 2 atom stereocenters. The number of carboxylic acids is 4. The molecular weight excluding hydrogens is 414 g/mol. The van der Waals surface area contributed by atoms with Crippen LogP contribution in [0, 0.1) is 0 Å². The average Bonchev–Trinajstić information content (AvgIpc) is 2.61. The summed E-state index contributed by atoms with van der Waals surface area (Å²) in [6, 6.07) is -2.15. The number of aliphatic carboxylic acids is 4. The standard InChI is InChI=1S/C10H17N3O6S.C5H6O4/c11-5(10(18)19)1-2-7(14)13-6(4-20)9(17)12-3-8(15)16;1-3(5(8)9)2-4(6)7/h5-6,20H,1-4,11H2,(H,12,17)(H,13,14)(H,15,16)(H,18,19);2H,1H3,(H,6,7)(H,8,9)/t5-,6-;/m0./s1. The molecule has 0 aliphatic carbocycles. The zero-order valence-electron chi connectivity index (χ0n) is 15.3. The van der Waals surface area contributed by atoms with Crippen molar-refractivity contribution in [2.45, 2.75) is 31.8 Å². The van der Waals surface area contributed by atoms with Crippen molar-refractivity contribution in [2.75, 3.05) is 12.3 Å². The van der Waals surface area contributed by atoms with Crippen LogP contribution in [-0.4, -0.2) is 80.5 Å². The Kier molecular flexibility index (Phi) is 14.4. The van der Waals surface area contributed by atoms with Crippen LogP contribution in [0.5, 0.6) is 0 Å². The number of carboxylic acid groups (broad SMARTS) is 4. The van der Waals surface area contributed by atoms with E-state index in [1.807, 2.05) is 0 Å². The van der Waals surface area contributed by atoms with Gasteiger partial charge in [0.1, 0.15) is 18.6 Å². The largest absolute Gasteiger partial charge is 0.480 e. The zero-order valence-corrected chi connectivity index (χ0v) is 16.2. The molecule has 0 saturated heterocycles. The highest BCUT2D eigenvalue weighted by molar-refractivity contribution is 7.80. The van der Waals surface area contributed by atoms with E-state index >= 15 is 0 Å². The molecule has 2 amide bonds. The Balaban J connectivity index is 0. The Labute approximate surface area is 170 Å².